The highest BCUT2D eigenvalue weighted by molar-refractivity contribution is 9.10. The summed E-state index contributed by atoms with van der Waals surface area (Å²) in [6.45, 7) is 3.09. The highest BCUT2D eigenvalue weighted by atomic mass is 79.9. The van der Waals surface area contributed by atoms with Crippen molar-refractivity contribution in [3.05, 3.63) is 21.0 Å². The standard InChI is InChI=1S/C13H21BrN4O2/c1-17-5-3-10(4-6-17)16-11-9-15-18(7-8-20-2)13(19)12(11)14/h9-10,16H,3-8H2,1-2H3. The maximum absolute atomic E-state index is 12.1. The van der Waals surface area contributed by atoms with Crippen LogP contribution in [0.3, 0.4) is 0 Å². The highest BCUT2D eigenvalue weighted by Crippen LogP contribution is 2.20. The van der Waals surface area contributed by atoms with E-state index in [1.54, 1.807) is 13.3 Å². The van der Waals surface area contributed by atoms with Crippen LogP contribution in [0.15, 0.2) is 15.5 Å². The van der Waals surface area contributed by atoms with Crippen molar-refractivity contribution in [2.75, 3.05) is 39.2 Å². The van der Waals surface area contributed by atoms with E-state index in [1.807, 2.05) is 0 Å². The van der Waals surface area contributed by atoms with Crippen molar-refractivity contribution in [3.63, 3.8) is 0 Å². The summed E-state index contributed by atoms with van der Waals surface area (Å²) in [6.07, 6.45) is 3.87. The lowest BCUT2D eigenvalue weighted by atomic mass is 10.1. The van der Waals surface area contributed by atoms with Crippen LogP contribution in [0.5, 0.6) is 0 Å². The Bertz CT molecular complexity index is 498. The third-order valence-electron chi connectivity index (χ3n) is 3.57. The van der Waals surface area contributed by atoms with Crippen LogP contribution in [0.1, 0.15) is 12.8 Å². The Balaban J connectivity index is 2.05. The lowest BCUT2D eigenvalue weighted by Gasteiger charge is -2.30. The van der Waals surface area contributed by atoms with Crippen molar-refractivity contribution in [2.24, 2.45) is 0 Å². The molecule has 1 N–H and O–H groups in total. The van der Waals surface area contributed by atoms with Gasteiger partial charge in [0.25, 0.3) is 5.56 Å². The lowest BCUT2D eigenvalue weighted by molar-refractivity contribution is 0.181. The number of nitrogens with zero attached hydrogens (tertiary/aromatic N) is 3. The van der Waals surface area contributed by atoms with Gasteiger partial charge in [-0.1, -0.05) is 0 Å². The van der Waals surface area contributed by atoms with Crippen molar-refractivity contribution < 1.29 is 4.74 Å². The summed E-state index contributed by atoms with van der Waals surface area (Å²) in [6, 6.07) is 0.401. The predicted octanol–water partition coefficient (Wildman–Crippen LogP) is 1.16. The Morgan fingerprint density at radius 3 is 2.85 bits per heavy atom. The fraction of sp³-hybridized carbons (Fsp3) is 0.692. The molecule has 0 aliphatic carbocycles. The van der Waals surface area contributed by atoms with Crippen molar-refractivity contribution in [1.29, 1.82) is 0 Å². The average Bonchev–Trinajstić information content (AvgIpc) is 2.45. The number of hydrogen-bond donors (Lipinski definition) is 1. The van der Waals surface area contributed by atoms with Gasteiger partial charge in [0, 0.05) is 13.2 Å². The van der Waals surface area contributed by atoms with Gasteiger partial charge in [0.15, 0.2) is 0 Å². The monoisotopic (exact) mass is 344 g/mol. The zero-order valence-corrected chi connectivity index (χ0v) is 13.5. The van der Waals surface area contributed by atoms with E-state index < -0.39 is 0 Å². The number of rotatable bonds is 5. The van der Waals surface area contributed by atoms with E-state index in [-0.39, 0.29) is 5.56 Å². The Morgan fingerprint density at radius 1 is 1.50 bits per heavy atom. The average molecular weight is 345 g/mol. The summed E-state index contributed by atoms with van der Waals surface area (Å²) >= 11 is 3.37. The number of aromatic nitrogens is 2. The third kappa shape index (κ3) is 3.80. The number of methoxy groups -OCH3 is 1. The van der Waals surface area contributed by atoms with E-state index in [0.717, 1.165) is 31.6 Å². The molecular formula is C13H21BrN4O2. The van der Waals surface area contributed by atoms with Crippen molar-refractivity contribution in [3.8, 4) is 0 Å². The molecule has 1 aliphatic rings. The molecule has 0 spiro atoms. The van der Waals surface area contributed by atoms with Crippen LogP contribution >= 0.6 is 15.9 Å². The van der Waals surface area contributed by atoms with Crippen LogP contribution in [-0.2, 0) is 11.3 Å². The van der Waals surface area contributed by atoms with E-state index in [9.17, 15) is 4.79 Å². The first kappa shape index (κ1) is 15.5. The molecule has 0 saturated carbocycles. The minimum atomic E-state index is -0.125. The number of halogens is 1. The molecule has 1 aliphatic heterocycles. The normalized spacial score (nSPS) is 17.4. The van der Waals surface area contributed by atoms with Gasteiger partial charge in [-0.3, -0.25) is 4.79 Å². The Hall–Kier alpha value is -0.920. The van der Waals surface area contributed by atoms with Gasteiger partial charge in [0.1, 0.15) is 4.47 Å². The number of anilines is 1. The van der Waals surface area contributed by atoms with Crippen LogP contribution < -0.4 is 10.9 Å². The van der Waals surface area contributed by atoms with Crippen LogP contribution in [0, 0.1) is 0 Å². The molecule has 6 nitrogen and oxygen atoms in total. The maximum atomic E-state index is 12.1. The zero-order valence-electron chi connectivity index (χ0n) is 11.9. The fourth-order valence-corrected chi connectivity index (χ4v) is 2.70. The van der Waals surface area contributed by atoms with Crippen LogP contribution in [-0.4, -0.2) is 54.6 Å². The molecule has 1 fully saturated rings. The molecule has 0 amide bonds. The molecule has 1 aromatic rings. The molecule has 2 rings (SSSR count). The van der Waals surface area contributed by atoms with E-state index in [0.29, 0.717) is 23.7 Å². The summed E-state index contributed by atoms with van der Waals surface area (Å²) < 4.78 is 6.92. The minimum absolute atomic E-state index is 0.125. The molecule has 2 heterocycles. The molecule has 1 aromatic heterocycles. The van der Waals surface area contributed by atoms with Crippen LogP contribution in [0.4, 0.5) is 5.69 Å². The molecule has 7 heteroatoms. The molecule has 0 bridgehead atoms. The van der Waals surface area contributed by atoms with Gasteiger partial charge in [-0.05, 0) is 48.9 Å². The minimum Gasteiger partial charge on any atom is -0.383 e. The molecule has 0 aromatic carbocycles. The predicted molar refractivity (Wildman–Crippen MR) is 82.2 cm³/mol. The van der Waals surface area contributed by atoms with E-state index >= 15 is 0 Å². The summed E-state index contributed by atoms with van der Waals surface area (Å²) in [5, 5.41) is 7.59. The highest BCUT2D eigenvalue weighted by Gasteiger charge is 2.18. The largest absolute Gasteiger partial charge is 0.383 e. The first-order valence-electron chi connectivity index (χ1n) is 6.81. The summed E-state index contributed by atoms with van der Waals surface area (Å²) in [5.41, 5.74) is 0.651. The molecule has 112 valence electrons. The summed E-state index contributed by atoms with van der Waals surface area (Å²) in [7, 11) is 3.74. The fourth-order valence-electron chi connectivity index (χ4n) is 2.28. The van der Waals surface area contributed by atoms with Gasteiger partial charge < -0.3 is 15.0 Å². The van der Waals surface area contributed by atoms with Crippen molar-refractivity contribution in [1.82, 2.24) is 14.7 Å². The molecule has 1 saturated heterocycles. The van der Waals surface area contributed by atoms with E-state index in [4.69, 9.17) is 4.74 Å². The first-order valence-corrected chi connectivity index (χ1v) is 7.60. The second-order valence-corrected chi connectivity index (χ2v) is 5.91. The Kier molecular flexibility index (Phi) is 5.56. The quantitative estimate of drug-likeness (QED) is 0.868. The van der Waals surface area contributed by atoms with E-state index in [2.05, 4.69) is 38.3 Å². The zero-order chi connectivity index (χ0) is 14.5. The number of piperidine rings is 1. The number of likely N-dealkylation sites (tertiary alicyclic amines) is 1. The number of nitrogens with one attached hydrogen (secondary N) is 1. The Labute approximate surface area is 127 Å². The maximum Gasteiger partial charge on any atom is 0.283 e. The first-order chi connectivity index (χ1) is 9.61. The van der Waals surface area contributed by atoms with Crippen molar-refractivity contribution >= 4 is 21.6 Å². The third-order valence-corrected chi connectivity index (χ3v) is 4.34. The molecule has 0 unspecified atom stereocenters. The molecule has 0 radical (unpaired) electrons. The van der Waals surface area contributed by atoms with Gasteiger partial charge in [-0.25, -0.2) is 4.68 Å². The number of ether oxygens (including phenoxy) is 1. The molecule has 20 heavy (non-hydrogen) atoms. The van der Waals surface area contributed by atoms with Crippen molar-refractivity contribution in [2.45, 2.75) is 25.4 Å². The van der Waals surface area contributed by atoms with Crippen LogP contribution in [0.25, 0.3) is 0 Å². The number of hydrogen-bond acceptors (Lipinski definition) is 5. The smallest absolute Gasteiger partial charge is 0.283 e. The Morgan fingerprint density at radius 2 is 2.20 bits per heavy atom. The lowest BCUT2D eigenvalue weighted by Crippen LogP contribution is -2.37. The van der Waals surface area contributed by atoms with Gasteiger partial charge in [-0.15, -0.1) is 0 Å². The molecule has 0 atom stereocenters. The van der Waals surface area contributed by atoms with Crippen LogP contribution in [0.2, 0.25) is 0 Å². The second-order valence-electron chi connectivity index (χ2n) is 5.12. The summed E-state index contributed by atoms with van der Waals surface area (Å²) in [4.78, 5) is 14.5. The summed E-state index contributed by atoms with van der Waals surface area (Å²) in [5.74, 6) is 0. The van der Waals surface area contributed by atoms with Gasteiger partial charge in [0.2, 0.25) is 0 Å². The van der Waals surface area contributed by atoms with E-state index in [1.165, 1.54) is 4.68 Å². The van der Waals surface area contributed by atoms with Gasteiger partial charge >= 0.3 is 0 Å². The topological polar surface area (TPSA) is 59.4 Å². The molecular weight excluding hydrogens is 324 g/mol. The SMILES string of the molecule is COCCn1ncc(NC2CCN(C)CC2)c(Br)c1=O. The van der Waals surface area contributed by atoms with Gasteiger partial charge in [-0.2, -0.15) is 5.10 Å². The van der Waals surface area contributed by atoms with Gasteiger partial charge in [0.05, 0.1) is 25.0 Å². The second kappa shape index (κ2) is 7.19.